The Morgan fingerprint density at radius 3 is 2.50 bits per heavy atom. The van der Waals surface area contributed by atoms with E-state index < -0.39 is 0 Å². The molecule has 1 fully saturated rings. The quantitative estimate of drug-likeness (QED) is 0.888. The molecule has 0 radical (unpaired) electrons. The number of nitrogens with zero attached hydrogens (tertiary/aromatic N) is 2. The number of piperazine rings is 1. The van der Waals surface area contributed by atoms with Crippen LogP contribution in [0, 0.1) is 0 Å². The van der Waals surface area contributed by atoms with Crippen molar-refractivity contribution in [3.8, 4) is 0 Å². The molecule has 1 aromatic carbocycles. The van der Waals surface area contributed by atoms with Crippen LogP contribution in [0.15, 0.2) is 24.3 Å². The van der Waals surface area contributed by atoms with E-state index in [9.17, 15) is 0 Å². The first-order chi connectivity index (χ1) is 9.63. The van der Waals surface area contributed by atoms with E-state index in [1.165, 1.54) is 30.8 Å². The van der Waals surface area contributed by atoms with Gasteiger partial charge in [0, 0.05) is 38.3 Å². The van der Waals surface area contributed by atoms with Gasteiger partial charge < -0.3 is 10.2 Å². The summed E-state index contributed by atoms with van der Waals surface area (Å²) in [6.45, 7) is 9.13. The molecule has 0 aliphatic carbocycles. The Morgan fingerprint density at radius 1 is 1.25 bits per heavy atom. The highest BCUT2D eigenvalue weighted by molar-refractivity contribution is 5.25. The summed E-state index contributed by atoms with van der Waals surface area (Å²) >= 11 is 0. The van der Waals surface area contributed by atoms with Gasteiger partial charge in [-0.2, -0.15) is 0 Å². The lowest BCUT2D eigenvalue weighted by Crippen LogP contribution is -2.51. The summed E-state index contributed by atoms with van der Waals surface area (Å²) < 4.78 is 0. The largest absolute Gasteiger partial charge is 0.312 e. The number of rotatable bonds is 5. The van der Waals surface area contributed by atoms with Crippen molar-refractivity contribution in [1.29, 1.82) is 0 Å². The molecular formula is C17H29N3. The van der Waals surface area contributed by atoms with E-state index in [2.05, 4.69) is 67.3 Å². The number of nitrogens with one attached hydrogen (secondary N) is 1. The third kappa shape index (κ3) is 3.81. The van der Waals surface area contributed by atoms with Crippen LogP contribution >= 0.6 is 0 Å². The molecule has 1 N–H and O–H groups in total. The second kappa shape index (κ2) is 7.21. The Balaban J connectivity index is 1.97. The van der Waals surface area contributed by atoms with Gasteiger partial charge in [-0.05, 0) is 38.6 Å². The lowest BCUT2D eigenvalue weighted by Gasteiger charge is -2.39. The van der Waals surface area contributed by atoms with Crippen LogP contribution in [-0.4, -0.2) is 56.1 Å². The zero-order valence-corrected chi connectivity index (χ0v) is 13.4. The molecule has 3 heteroatoms. The highest BCUT2D eigenvalue weighted by Gasteiger charge is 2.23. The van der Waals surface area contributed by atoms with Crippen molar-refractivity contribution < 1.29 is 0 Å². The van der Waals surface area contributed by atoms with E-state index in [0.29, 0.717) is 12.1 Å². The second-order valence-electron chi connectivity index (χ2n) is 6.03. The van der Waals surface area contributed by atoms with Crippen molar-refractivity contribution in [3.63, 3.8) is 0 Å². The standard InChI is InChI=1S/C17H29N3/c1-5-15-6-8-16(9-7-15)17(18-3)13-20-11-10-19(4)14(2)12-20/h6-9,14,17-18H,5,10-13H2,1-4H3. The summed E-state index contributed by atoms with van der Waals surface area (Å²) in [4.78, 5) is 5.03. The summed E-state index contributed by atoms with van der Waals surface area (Å²) in [5.74, 6) is 0. The van der Waals surface area contributed by atoms with E-state index in [1.54, 1.807) is 0 Å². The monoisotopic (exact) mass is 275 g/mol. The van der Waals surface area contributed by atoms with Gasteiger partial charge in [0.15, 0.2) is 0 Å². The van der Waals surface area contributed by atoms with Crippen LogP contribution in [0.25, 0.3) is 0 Å². The molecule has 1 aliphatic heterocycles. The van der Waals surface area contributed by atoms with Crippen LogP contribution in [0.5, 0.6) is 0 Å². The molecule has 1 saturated heterocycles. The minimum atomic E-state index is 0.427. The maximum absolute atomic E-state index is 3.47. The maximum atomic E-state index is 3.47. The summed E-state index contributed by atoms with van der Waals surface area (Å²) in [6.07, 6.45) is 1.11. The Bertz CT molecular complexity index is 401. The number of likely N-dealkylation sites (N-methyl/N-ethyl adjacent to an activating group) is 2. The lowest BCUT2D eigenvalue weighted by atomic mass is 10.0. The fourth-order valence-electron chi connectivity index (χ4n) is 2.90. The van der Waals surface area contributed by atoms with E-state index >= 15 is 0 Å². The third-order valence-corrected chi connectivity index (χ3v) is 4.62. The zero-order valence-electron chi connectivity index (χ0n) is 13.4. The molecule has 1 aliphatic rings. The molecule has 0 bridgehead atoms. The fourth-order valence-corrected chi connectivity index (χ4v) is 2.90. The summed E-state index contributed by atoms with van der Waals surface area (Å²) in [5.41, 5.74) is 2.81. The summed E-state index contributed by atoms with van der Waals surface area (Å²) in [7, 11) is 4.29. The molecule has 1 aromatic rings. The van der Waals surface area contributed by atoms with Crippen LogP contribution in [-0.2, 0) is 6.42 Å². The summed E-state index contributed by atoms with van der Waals surface area (Å²) in [5, 5.41) is 3.47. The molecule has 0 aromatic heterocycles. The number of benzene rings is 1. The van der Waals surface area contributed by atoms with Crippen LogP contribution in [0.4, 0.5) is 0 Å². The van der Waals surface area contributed by atoms with Crippen molar-refractivity contribution in [3.05, 3.63) is 35.4 Å². The summed E-state index contributed by atoms with van der Waals surface area (Å²) in [6, 6.07) is 10.2. The Kier molecular flexibility index (Phi) is 5.58. The van der Waals surface area contributed by atoms with E-state index in [4.69, 9.17) is 0 Å². The van der Waals surface area contributed by atoms with Gasteiger partial charge in [0.2, 0.25) is 0 Å². The van der Waals surface area contributed by atoms with Crippen molar-refractivity contribution in [2.45, 2.75) is 32.4 Å². The van der Waals surface area contributed by atoms with Crippen LogP contribution in [0.3, 0.4) is 0 Å². The van der Waals surface area contributed by atoms with Gasteiger partial charge in [-0.1, -0.05) is 31.2 Å². The highest BCUT2D eigenvalue weighted by atomic mass is 15.3. The topological polar surface area (TPSA) is 18.5 Å². The molecule has 20 heavy (non-hydrogen) atoms. The molecule has 1 heterocycles. The Hall–Kier alpha value is -0.900. The molecule has 3 nitrogen and oxygen atoms in total. The average Bonchev–Trinajstić information content (AvgIpc) is 2.48. The van der Waals surface area contributed by atoms with Gasteiger partial charge in [-0.3, -0.25) is 4.90 Å². The van der Waals surface area contributed by atoms with Crippen molar-refractivity contribution >= 4 is 0 Å². The Morgan fingerprint density at radius 2 is 1.95 bits per heavy atom. The van der Waals surface area contributed by atoms with E-state index in [0.717, 1.165) is 13.0 Å². The van der Waals surface area contributed by atoms with Crippen LogP contribution in [0.2, 0.25) is 0 Å². The molecule has 2 unspecified atom stereocenters. The first-order valence-corrected chi connectivity index (χ1v) is 7.82. The zero-order chi connectivity index (χ0) is 14.5. The first-order valence-electron chi connectivity index (χ1n) is 7.82. The van der Waals surface area contributed by atoms with Gasteiger partial charge in [0.05, 0.1) is 0 Å². The number of hydrogen-bond donors (Lipinski definition) is 1. The highest BCUT2D eigenvalue weighted by Crippen LogP contribution is 2.17. The number of aryl methyl sites for hydroxylation is 1. The first kappa shape index (κ1) is 15.5. The minimum absolute atomic E-state index is 0.427. The number of hydrogen-bond acceptors (Lipinski definition) is 3. The molecule has 0 amide bonds. The fraction of sp³-hybridized carbons (Fsp3) is 0.647. The van der Waals surface area contributed by atoms with Gasteiger partial charge in [-0.25, -0.2) is 0 Å². The van der Waals surface area contributed by atoms with Crippen molar-refractivity contribution in [1.82, 2.24) is 15.1 Å². The smallest absolute Gasteiger partial charge is 0.0446 e. The second-order valence-corrected chi connectivity index (χ2v) is 6.03. The third-order valence-electron chi connectivity index (χ3n) is 4.62. The molecular weight excluding hydrogens is 246 g/mol. The molecule has 2 atom stereocenters. The predicted molar refractivity (Wildman–Crippen MR) is 86.2 cm³/mol. The normalized spacial score (nSPS) is 22.9. The Labute approximate surface area is 124 Å². The molecule has 112 valence electrons. The van der Waals surface area contributed by atoms with Gasteiger partial charge in [-0.15, -0.1) is 0 Å². The van der Waals surface area contributed by atoms with E-state index in [1.807, 2.05) is 0 Å². The van der Waals surface area contributed by atoms with Gasteiger partial charge in [0.1, 0.15) is 0 Å². The molecule has 2 rings (SSSR count). The lowest BCUT2D eigenvalue weighted by molar-refractivity contribution is 0.0977. The van der Waals surface area contributed by atoms with Crippen molar-refractivity contribution in [2.75, 3.05) is 40.3 Å². The van der Waals surface area contributed by atoms with Crippen molar-refractivity contribution in [2.24, 2.45) is 0 Å². The van der Waals surface area contributed by atoms with Gasteiger partial charge in [0.25, 0.3) is 0 Å². The van der Waals surface area contributed by atoms with Gasteiger partial charge >= 0.3 is 0 Å². The molecule has 0 saturated carbocycles. The maximum Gasteiger partial charge on any atom is 0.0446 e. The predicted octanol–water partition coefficient (Wildman–Crippen LogP) is 2.15. The van der Waals surface area contributed by atoms with Crippen LogP contribution in [0.1, 0.15) is 31.0 Å². The average molecular weight is 275 g/mol. The SMILES string of the molecule is CCc1ccc(C(CN2CCN(C)C(C)C2)NC)cc1. The van der Waals surface area contributed by atoms with Crippen LogP contribution < -0.4 is 5.32 Å². The molecule has 0 spiro atoms. The minimum Gasteiger partial charge on any atom is -0.312 e. The van der Waals surface area contributed by atoms with E-state index in [-0.39, 0.29) is 0 Å².